The molecular formula is C8H8FNO2. The van der Waals surface area contributed by atoms with E-state index >= 15 is 0 Å². The van der Waals surface area contributed by atoms with Crippen LogP contribution in [0.15, 0.2) is 18.2 Å². The molecule has 0 saturated carbocycles. The lowest BCUT2D eigenvalue weighted by Gasteiger charge is -1.98. The number of halogens is 1. The molecule has 0 heterocycles. The van der Waals surface area contributed by atoms with Gasteiger partial charge in [-0.2, -0.15) is 0 Å². The molecule has 0 saturated heterocycles. The monoisotopic (exact) mass is 169 g/mol. The molecule has 0 aliphatic carbocycles. The van der Waals surface area contributed by atoms with Gasteiger partial charge in [-0.3, -0.25) is 4.79 Å². The lowest BCUT2D eigenvalue weighted by atomic mass is 10.1. The van der Waals surface area contributed by atoms with Crippen molar-refractivity contribution in [3.8, 4) is 5.75 Å². The van der Waals surface area contributed by atoms with Crippen molar-refractivity contribution in [3.63, 3.8) is 0 Å². The first kappa shape index (κ1) is 8.52. The molecule has 3 N–H and O–H groups in total. The molecule has 0 aromatic heterocycles. The van der Waals surface area contributed by atoms with Crippen molar-refractivity contribution in [2.24, 2.45) is 5.73 Å². The van der Waals surface area contributed by atoms with E-state index in [1.807, 2.05) is 0 Å². The fourth-order valence-electron chi connectivity index (χ4n) is 0.862. The lowest BCUT2D eigenvalue weighted by Crippen LogP contribution is -2.13. The Kier molecular flexibility index (Phi) is 2.28. The molecule has 1 rings (SSSR count). The molecule has 0 aliphatic heterocycles. The maximum absolute atomic E-state index is 12.6. The SMILES string of the molecule is NC(=O)Cc1ccc(O)c(F)c1. The molecule has 64 valence electrons. The first-order valence-electron chi connectivity index (χ1n) is 3.35. The van der Waals surface area contributed by atoms with Crippen LogP contribution in [0.4, 0.5) is 4.39 Å². The van der Waals surface area contributed by atoms with E-state index in [9.17, 15) is 9.18 Å². The Bertz CT molecular complexity index is 312. The zero-order valence-corrected chi connectivity index (χ0v) is 6.25. The zero-order chi connectivity index (χ0) is 9.14. The Morgan fingerprint density at radius 2 is 2.25 bits per heavy atom. The van der Waals surface area contributed by atoms with E-state index in [0.717, 1.165) is 6.07 Å². The third kappa shape index (κ3) is 1.95. The Labute approximate surface area is 68.6 Å². The largest absolute Gasteiger partial charge is 0.505 e. The van der Waals surface area contributed by atoms with Crippen LogP contribution < -0.4 is 5.73 Å². The van der Waals surface area contributed by atoms with E-state index in [0.29, 0.717) is 5.56 Å². The Hall–Kier alpha value is -1.58. The first-order chi connectivity index (χ1) is 5.59. The average molecular weight is 169 g/mol. The van der Waals surface area contributed by atoms with E-state index in [2.05, 4.69) is 0 Å². The van der Waals surface area contributed by atoms with E-state index in [1.54, 1.807) is 0 Å². The number of hydrogen-bond acceptors (Lipinski definition) is 2. The average Bonchev–Trinajstić information content (AvgIpc) is 1.96. The summed E-state index contributed by atoms with van der Waals surface area (Å²) in [5, 5.41) is 8.79. The number of aromatic hydroxyl groups is 1. The van der Waals surface area contributed by atoms with Crippen LogP contribution in [0.25, 0.3) is 0 Å². The van der Waals surface area contributed by atoms with Gasteiger partial charge in [0.15, 0.2) is 11.6 Å². The van der Waals surface area contributed by atoms with Crippen molar-refractivity contribution >= 4 is 5.91 Å². The number of phenolic OH excluding ortho intramolecular Hbond substituents is 1. The van der Waals surface area contributed by atoms with Crippen LogP contribution in [0, 0.1) is 5.82 Å². The summed E-state index contributed by atoms with van der Waals surface area (Å²) in [7, 11) is 0. The molecule has 1 aromatic carbocycles. The number of phenols is 1. The first-order valence-corrected chi connectivity index (χ1v) is 3.35. The molecule has 0 bridgehead atoms. The lowest BCUT2D eigenvalue weighted by molar-refractivity contribution is -0.117. The summed E-state index contributed by atoms with van der Waals surface area (Å²) in [5.74, 6) is -1.70. The van der Waals surface area contributed by atoms with Crippen LogP contribution >= 0.6 is 0 Å². The van der Waals surface area contributed by atoms with Gasteiger partial charge in [-0.05, 0) is 17.7 Å². The minimum absolute atomic E-state index is 0.0167. The van der Waals surface area contributed by atoms with Gasteiger partial charge in [-0.15, -0.1) is 0 Å². The third-order valence-corrected chi connectivity index (χ3v) is 1.39. The minimum atomic E-state index is -0.742. The van der Waals surface area contributed by atoms with Gasteiger partial charge in [-0.1, -0.05) is 6.07 Å². The van der Waals surface area contributed by atoms with Gasteiger partial charge < -0.3 is 10.8 Å². The highest BCUT2D eigenvalue weighted by Crippen LogP contribution is 2.16. The summed E-state index contributed by atoms with van der Waals surface area (Å²) in [6.07, 6.45) is -0.0167. The maximum Gasteiger partial charge on any atom is 0.221 e. The fourth-order valence-corrected chi connectivity index (χ4v) is 0.862. The molecular weight excluding hydrogens is 161 g/mol. The minimum Gasteiger partial charge on any atom is -0.505 e. The van der Waals surface area contributed by atoms with E-state index < -0.39 is 17.5 Å². The highest BCUT2D eigenvalue weighted by molar-refractivity contribution is 5.76. The highest BCUT2D eigenvalue weighted by atomic mass is 19.1. The Morgan fingerprint density at radius 3 is 2.75 bits per heavy atom. The number of nitrogens with two attached hydrogens (primary N) is 1. The van der Waals surface area contributed by atoms with Crippen molar-refractivity contribution in [1.29, 1.82) is 0 Å². The van der Waals surface area contributed by atoms with Crippen molar-refractivity contribution in [2.45, 2.75) is 6.42 Å². The highest BCUT2D eigenvalue weighted by Gasteiger charge is 2.03. The number of carbonyl (C=O) groups excluding carboxylic acids is 1. The second-order valence-electron chi connectivity index (χ2n) is 2.43. The quantitative estimate of drug-likeness (QED) is 0.679. The van der Waals surface area contributed by atoms with Gasteiger partial charge in [0.2, 0.25) is 5.91 Å². The zero-order valence-electron chi connectivity index (χ0n) is 6.25. The molecule has 1 aromatic rings. The smallest absolute Gasteiger partial charge is 0.221 e. The predicted molar refractivity (Wildman–Crippen MR) is 41.0 cm³/mol. The summed E-state index contributed by atoms with van der Waals surface area (Å²) < 4.78 is 12.6. The van der Waals surface area contributed by atoms with Gasteiger partial charge >= 0.3 is 0 Å². The molecule has 1 amide bonds. The second kappa shape index (κ2) is 3.21. The maximum atomic E-state index is 12.6. The third-order valence-electron chi connectivity index (χ3n) is 1.39. The van der Waals surface area contributed by atoms with Gasteiger partial charge in [0.25, 0.3) is 0 Å². The number of hydrogen-bond donors (Lipinski definition) is 2. The standard InChI is InChI=1S/C8H8FNO2/c9-6-3-5(4-8(10)12)1-2-7(6)11/h1-3,11H,4H2,(H2,10,12). The van der Waals surface area contributed by atoms with E-state index in [4.69, 9.17) is 10.8 Å². The molecule has 4 heteroatoms. The molecule has 0 unspecified atom stereocenters. The summed E-state index contributed by atoms with van der Waals surface area (Å²) in [6.45, 7) is 0. The topological polar surface area (TPSA) is 63.3 Å². The van der Waals surface area contributed by atoms with Gasteiger partial charge in [0.05, 0.1) is 6.42 Å². The molecule has 0 aliphatic rings. The molecule has 0 fully saturated rings. The fraction of sp³-hybridized carbons (Fsp3) is 0.125. The molecule has 0 spiro atoms. The molecule has 12 heavy (non-hydrogen) atoms. The van der Waals surface area contributed by atoms with Crippen molar-refractivity contribution in [2.75, 3.05) is 0 Å². The summed E-state index contributed by atoms with van der Waals surface area (Å²) >= 11 is 0. The van der Waals surface area contributed by atoms with Crippen LogP contribution in [0.5, 0.6) is 5.75 Å². The number of amides is 1. The number of rotatable bonds is 2. The van der Waals surface area contributed by atoms with Crippen LogP contribution in [0.1, 0.15) is 5.56 Å². The van der Waals surface area contributed by atoms with Gasteiger partial charge in [-0.25, -0.2) is 4.39 Å². The number of carbonyl (C=O) groups is 1. The van der Waals surface area contributed by atoms with Crippen molar-refractivity contribution in [1.82, 2.24) is 0 Å². The molecule has 3 nitrogen and oxygen atoms in total. The summed E-state index contributed by atoms with van der Waals surface area (Å²) in [6, 6.07) is 3.72. The van der Waals surface area contributed by atoms with Crippen molar-refractivity contribution < 1.29 is 14.3 Å². The molecule has 0 atom stereocenters. The number of primary amides is 1. The van der Waals surface area contributed by atoms with E-state index in [1.165, 1.54) is 12.1 Å². The van der Waals surface area contributed by atoms with Crippen LogP contribution in [-0.2, 0) is 11.2 Å². The Morgan fingerprint density at radius 1 is 1.58 bits per heavy atom. The summed E-state index contributed by atoms with van der Waals surface area (Å²) in [5.41, 5.74) is 5.35. The van der Waals surface area contributed by atoms with E-state index in [-0.39, 0.29) is 6.42 Å². The van der Waals surface area contributed by atoms with Crippen molar-refractivity contribution in [3.05, 3.63) is 29.6 Å². The second-order valence-corrected chi connectivity index (χ2v) is 2.43. The normalized spacial score (nSPS) is 9.75. The predicted octanol–water partition coefficient (Wildman–Crippen LogP) is 0.559. The molecule has 0 radical (unpaired) electrons. The number of benzene rings is 1. The van der Waals surface area contributed by atoms with Crippen LogP contribution in [-0.4, -0.2) is 11.0 Å². The van der Waals surface area contributed by atoms with Gasteiger partial charge in [0, 0.05) is 0 Å². The van der Waals surface area contributed by atoms with Crippen LogP contribution in [0.3, 0.4) is 0 Å². The Balaban J connectivity index is 2.89. The van der Waals surface area contributed by atoms with Gasteiger partial charge in [0.1, 0.15) is 0 Å². The van der Waals surface area contributed by atoms with Crippen LogP contribution in [0.2, 0.25) is 0 Å². The summed E-state index contributed by atoms with van der Waals surface area (Å²) in [4.78, 5) is 10.4.